The molecule has 0 spiro atoms. The van der Waals surface area contributed by atoms with Crippen molar-refractivity contribution in [1.29, 1.82) is 0 Å². The quantitative estimate of drug-likeness (QED) is 0.854. The van der Waals surface area contributed by atoms with Crippen LogP contribution in [0.4, 0.5) is 0 Å². The lowest BCUT2D eigenvalue weighted by Gasteiger charge is -2.26. The Hall–Kier alpha value is -1.31. The molecule has 2 heteroatoms. The minimum absolute atomic E-state index is 0.0314. The molecular formula is C18H20ClN. The van der Waals surface area contributed by atoms with E-state index in [9.17, 15) is 0 Å². The Kier molecular flexibility index (Phi) is 4.09. The van der Waals surface area contributed by atoms with E-state index in [1.807, 2.05) is 18.2 Å². The molecule has 0 bridgehead atoms. The predicted octanol–water partition coefficient (Wildman–Crippen LogP) is 4.85. The third-order valence-corrected chi connectivity index (χ3v) is 4.52. The number of hydrogen-bond acceptors (Lipinski definition) is 1. The molecule has 0 amide bonds. The Balaban J connectivity index is 1.68. The first-order chi connectivity index (χ1) is 9.72. The monoisotopic (exact) mass is 285 g/mol. The van der Waals surface area contributed by atoms with E-state index >= 15 is 0 Å². The zero-order valence-electron chi connectivity index (χ0n) is 11.6. The molecule has 2 N–H and O–H groups in total. The molecule has 2 aromatic rings. The largest absolute Gasteiger partial charge is 0.324 e. The first kappa shape index (κ1) is 13.7. The van der Waals surface area contributed by atoms with Crippen LogP contribution in [-0.2, 0) is 6.42 Å². The molecular weight excluding hydrogens is 266 g/mol. The number of rotatable bonds is 4. The summed E-state index contributed by atoms with van der Waals surface area (Å²) in [7, 11) is 0. The molecule has 1 unspecified atom stereocenters. The smallest absolute Gasteiger partial charge is 0.0408 e. The van der Waals surface area contributed by atoms with Crippen LogP contribution in [0.25, 0.3) is 0 Å². The van der Waals surface area contributed by atoms with Crippen molar-refractivity contribution in [3.05, 3.63) is 70.2 Å². The zero-order chi connectivity index (χ0) is 13.9. The van der Waals surface area contributed by atoms with E-state index in [2.05, 4.69) is 30.3 Å². The van der Waals surface area contributed by atoms with Gasteiger partial charge in [-0.05, 0) is 54.0 Å². The molecule has 3 rings (SSSR count). The van der Waals surface area contributed by atoms with Gasteiger partial charge in [0.1, 0.15) is 0 Å². The SMILES string of the molecule is NC(Cc1cccc(Cl)c1)c1ccc(C2CCC2)cc1. The third kappa shape index (κ3) is 3.05. The second-order valence-corrected chi connectivity index (χ2v) is 6.17. The van der Waals surface area contributed by atoms with E-state index in [0.29, 0.717) is 0 Å². The summed E-state index contributed by atoms with van der Waals surface area (Å²) in [6.45, 7) is 0. The molecule has 1 nitrogen and oxygen atoms in total. The molecule has 104 valence electrons. The van der Waals surface area contributed by atoms with Crippen LogP contribution in [0.15, 0.2) is 48.5 Å². The van der Waals surface area contributed by atoms with Gasteiger partial charge in [-0.25, -0.2) is 0 Å². The van der Waals surface area contributed by atoms with Crippen LogP contribution in [-0.4, -0.2) is 0 Å². The molecule has 2 aromatic carbocycles. The molecule has 1 aliphatic carbocycles. The van der Waals surface area contributed by atoms with E-state index in [4.69, 9.17) is 17.3 Å². The van der Waals surface area contributed by atoms with E-state index in [1.165, 1.54) is 36.0 Å². The Morgan fingerprint density at radius 2 is 1.85 bits per heavy atom. The second-order valence-electron chi connectivity index (χ2n) is 5.74. The minimum atomic E-state index is 0.0314. The fourth-order valence-electron chi connectivity index (χ4n) is 2.79. The standard InChI is InChI=1S/C18H20ClN/c19-17-6-1-3-13(11-17)12-18(20)16-9-7-15(8-10-16)14-4-2-5-14/h1,3,6-11,14,18H,2,4-5,12,20H2. The molecule has 0 heterocycles. The van der Waals surface area contributed by atoms with Crippen LogP contribution >= 0.6 is 11.6 Å². The van der Waals surface area contributed by atoms with Crippen LogP contribution in [0.3, 0.4) is 0 Å². The van der Waals surface area contributed by atoms with Crippen LogP contribution in [0, 0.1) is 0 Å². The average molecular weight is 286 g/mol. The second kappa shape index (κ2) is 5.99. The van der Waals surface area contributed by atoms with Gasteiger partial charge in [-0.3, -0.25) is 0 Å². The Morgan fingerprint density at radius 1 is 1.10 bits per heavy atom. The van der Waals surface area contributed by atoms with E-state index < -0.39 is 0 Å². The maximum atomic E-state index is 6.31. The van der Waals surface area contributed by atoms with Gasteiger partial charge < -0.3 is 5.73 Å². The highest BCUT2D eigenvalue weighted by Crippen LogP contribution is 2.36. The lowest BCUT2D eigenvalue weighted by molar-refractivity contribution is 0.419. The highest BCUT2D eigenvalue weighted by molar-refractivity contribution is 6.30. The van der Waals surface area contributed by atoms with Gasteiger partial charge in [0.05, 0.1) is 0 Å². The summed E-state index contributed by atoms with van der Waals surface area (Å²) in [6, 6.07) is 16.8. The maximum absolute atomic E-state index is 6.31. The summed E-state index contributed by atoms with van der Waals surface area (Å²) < 4.78 is 0. The molecule has 1 atom stereocenters. The summed E-state index contributed by atoms with van der Waals surface area (Å²) in [5, 5.41) is 0.773. The molecule has 1 fully saturated rings. The fourth-order valence-corrected chi connectivity index (χ4v) is 3.01. The third-order valence-electron chi connectivity index (χ3n) is 4.29. The van der Waals surface area contributed by atoms with Gasteiger partial charge in [0, 0.05) is 11.1 Å². The van der Waals surface area contributed by atoms with Crippen LogP contribution in [0.5, 0.6) is 0 Å². The molecule has 1 aliphatic rings. The van der Waals surface area contributed by atoms with Crippen molar-refractivity contribution in [1.82, 2.24) is 0 Å². The fraction of sp³-hybridized carbons (Fsp3) is 0.333. The summed E-state index contributed by atoms with van der Waals surface area (Å²) in [5.74, 6) is 0.785. The number of nitrogens with two attached hydrogens (primary N) is 1. The highest BCUT2D eigenvalue weighted by Gasteiger charge is 2.19. The van der Waals surface area contributed by atoms with Gasteiger partial charge >= 0.3 is 0 Å². The number of benzene rings is 2. The van der Waals surface area contributed by atoms with Gasteiger partial charge in [-0.1, -0.05) is 54.4 Å². The molecule has 20 heavy (non-hydrogen) atoms. The van der Waals surface area contributed by atoms with Gasteiger partial charge in [0.25, 0.3) is 0 Å². The summed E-state index contributed by atoms with van der Waals surface area (Å²) in [6.07, 6.45) is 4.88. The number of hydrogen-bond donors (Lipinski definition) is 1. The molecule has 0 aliphatic heterocycles. The Labute approximate surface area is 125 Å². The Morgan fingerprint density at radius 3 is 2.45 bits per heavy atom. The lowest BCUT2D eigenvalue weighted by atomic mass is 9.80. The first-order valence-electron chi connectivity index (χ1n) is 7.32. The summed E-state index contributed by atoms with van der Waals surface area (Å²) in [4.78, 5) is 0. The summed E-state index contributed by atoms with van der Waals surface area (Å²) >= 11 is 6.01. The van der Waals surface area contributed by atoms with Crippen molar-refractivity contribution in [2.24, 2.45) is 5.73 Å². The van der Waals surface area contributed by atoms with Gasteiger partial charge in [-0.15, -0.1) is 0 Å². The molecule has 0 aromatic heterocycles. The lowest BCUT2D eigenvalue weighted by Crippen LogP contribution is -2.14. The predicted molar refractivity (Wildman–Crippen MR) is 85.1 cm³/mol. The molecule has 0 radical (unpaired) electrons. The van der Waals surface area contributed by atoms with Gasteiger partial charge in [-0.2, -0.15) is 0 Å². The van der Waals surface area contributed by atoms with Crippen molar-refractivity contribution in [3.63, 3.8) is 0 Å². The van der Waals surface area contributed by atoms with Crippen LogP contribution < -0.4 is 5.73 Å². The zero-order valence-corrected chi connectivity index (χ0v) is 12.3. The Bertz CT molecular complexity index is 572. The van der Waals surface area contributed by atoms with Gasteiger partial charge in [0.15, 0.2) is 0 Å². The molecule has 1 saturated carbocycles. The number of halogens is 1. The van der Waals surface area contributed by atoms with E-state index in [-0.39, 0.29) is 6.04 Å². The van der Waals surface area contributed by atoms with Crippen molar-refractivity contribution < 1.29 is 0 Å². The van der Waals surface area contributed by atoms with Crippen molar-refractivity contribution >= 4 is 11.6 Å². The van der Waals surface area contributed by atoms with Crippen molar-refractivity contribution in [3.8, 4) is 0 Å². The minimum Gasteiger partial charge on any atom is -0.324 e. The topological polar surface area (TPSA) is 26.0 Å². The van der Waals surface area contributed by atoms with Crippen LogP contribution in [0.1, 0.15) is 47.9 Å². The van der Waals surface area contributed by atoms with Gasteiger partial charge in [0.2, 0.25) is 0 Å². The highest BCUT2D eigenvalue weighted by atomic mass is 35.5. The van der Waals surface area contributed by atoms with E-state index in [1.54, 1.807) is 0 Å². The maximum Gasteiger partial charge on any atom is 0.0408 e. The van der Waals surface area contributed by atoms with Crippen molar-refractivity contribution in [2.75, 3.05) is 0 Å². The van der Waals surface area contributed by atoms with Crippen molar-refractivity contribution in [2.45, 2.75) is 37.6 Å². The first-order valence-corrected chi connectivity index (χ1v) is 7.70. The van der Waals surface area contributed by atoms with Crippen LogP contribution in [0.2, 0.25) is 5.02 Å². The normalized spacial score (nSPS) is 16.7. The summed E-state index contributed by atoms with van der Waals surface area (Å²) in [5.41, 5.74) is 10.2. The van der Waals surface area contributed by atoms with E-state index in [0.717, 1.165) is 17.4 Å². The molecule has 0 saturated heterocycles. The average Bonchev–Trinajstić information content (AvgIpc) is 2.37.